The highest BCUT2D eigenvalue weighted by Crippen LogP contribution is 2.08. The first-order valence-electron chi connectivity index (χ1n) is 3.17. The maximum atomic E-state index is 10.5. The molecule has 1 aromatic heterocycles. The summed E-state index contributed by atoms with van der Waals surface area (Å²) >= 11 is -1.98. The molecule has 4 N–H and O–H groups in total. The molecular formula is C5H7N3O4S. The number of amides is 1. The first kappa shape index (κ1) is 9.68. The molecule has 0 saturated carbocycles. The van der Waals surface area contributed by atoms with Gasteiger partial charge in [-0.15, -0.1) is 0 Å². The van der Waals surface area contributed by atoms with Gasteiger partial charge in [-0.25, -0.2) is 4.21 Å². The van der Waals surface area contributed by atoms with Crippen molar-refractivity contribution in [1.82, 2.24) is 5.16 Å². The van der Waals surface area contributed by atoms with Crippen molar-refractivity contribution >= 4 is 22.9 Å². The fourth-order valence-electron chi connectivity index (χ4n) is 0.608. The van der Waals surface area contributed by atoms with E-state index in [0.717, 1.165) is 0 Å². The van der Waals surface area contributed by atoms with Crippen molar-refractivity contribution in [3.8, 4) is 0 Å². The largest absolute Gasteiger partial charge is 0.364 e. The van der Waals surface area contributed by atoms with Crippen molar-refractivity contribution in [2.24, 2.45) is 5.73 Å². The second-order valence-electron chi connectivity index (χ2n) is 2.08. The zero-order chi connectivity index (χ0) is 9.84. The van der Waals surface area contributed by atoms with E-state index in [2.05, 4.69) is 15.0 Å². The molecule has 0 aliphatic rings. The Hall–Kier alpha value is -1.41. The van der Waals surface area contributed by atoms with Gasteiger partial charge in [0, 0.05) is 6.07 Å². The Morgan fingerprint density at radius 1 is 1.85 bits per heavy atom. The Kier molecular flexibility index (Phi) is 2.98. The van der Waals surface area contributed by atoms with E-state index in [9.17, 15) is 9.00 Å². The zero-order valence-electron chi connectivity index (χ0n) is 6.39. The molecule has 7 nitrogen and oxygen atoms in total. The number of nitrogens with two attached hydrogens (primary N) is 1. The van der Waals surface area contributed by atoms with Gasteiger partial charge >= 0.3 is 0 Å². The van der Waals surface area contributed by atoms with Crippen LogP contribution < -0.4 is 11.1 Å². The van der Waals surface area contributed by atoms with Crippen LogP contribution in [0, 0.1) is 0 Å². The van der Waals surface area contributed by atoms with Crippen molar-refractivity contribution in [1.29, 1.82) is 0 Å². The number of carbonyl (C=O) groups excluding carboxylic acids is 1. The summed E-state index contributed by atoms with van der Waals surface area (Å²) in [6, 6.07) is 1.25. The number of rotatable bonds is 4. The van der Waals surface area contributed by atoms with Gasteiger partial charge in [-0.3, -0.25) is 4.79 Å². The SMILES string of the molecule is NC(=O)c1cc(NCS(=O)O)on1. The third-order valence-electron chi connectivity index (χ3n) is 1.13. The summed E-state index contributed by atoms with van der Waals surface area (Å²) in [5, 5.41) is 5.73. The van der Waals surface area contributed by atoms with Crippen LogP contribution in [0.15, 0.2) is 10.6 Å². The molecule has 1 unspecified atom stereocenters. The van der Waals surface area contributed by atoms with Crippen molar-refractivity contribution in [2.45, 2.75) is 0 Å². The van der Waals surface area contributed by atoms with Crippen LogP contribution in [0.4, 0.5) is 5.88 Å². The van der Waals surface area contributed by atoms with Crippen LogP contribution in [-0.4, -0.2) is 25.7 Å². The zero-order valence-corrected chi connectivity index (χ0v) is 7.21. The molecule has 0 spiro atoms. The van der Waals surface area contributed by atoms with E-state index >= 15 is 0 Å². The summed E-state index contributed by atoms with van der Waals surface area (Å²) in [6.45, 7) is 0. The highest BCUT2D eigenvalue weighted by atomic mass is 32.2. The first-order chi connectivity index (χ1) is 6.09. The Morgan fingerprint density at radius 3 is 3.00 bits per heavy atom. The fraction of sp³-hybridized carbons (Fsp3) is 0.200. The Labute approximate surface area is 75.6 Å². The lowest BCUT2D eigenvalue weighted by atomic mass is 10.4. The summed E-state index contributed by atoms with van der Waals surface area (Å²) in [4.78, 5) is 10.5. The van der Waals surface area contributed by atoms with E-state index in [1.807, 2.05) is 0 Å². The minimum Gasteiger partial charge on any atom is -0.364 e. The van der Waals surface area contributed by atoms with E-state index in [1.54, 1.807) is 0 Å². The molecule has 13 heavy (non-hydrogen) atoms. The molecule has 1 rings (SSSR count). The average molecular weight is 205 g/mol. The van der Waals surface area contributed by atoms with Crippen molar-refractivity contribution in [3.63, 3.8) is 0 Å². The van der Waals surface area contributed by atoms with E-state index < -0.39 is 17.0 Å². The second-order valence-corrected chi connectivity index (χ2v) is 3.01. The summed E-state index contributed by atoms with van der Waals surface area (Å²) < 4.78 is 23.2. The number of nitrogens with one attached hydrogen (secondary N) is 1. The number of hydrogen-bond donors (Lipinski definition) is 3. The number of primary amides is 1. The predicted octanol–water partition coefficient (Wildman–Crippen LogP) is -0.635. The van der Waals surface area contributed by atoms with Crippen molar-refractivity contribution in [2.75, 3.05) is 11.2 Å². The quantitative estimate of drug-likeness (QED) is 0.563. The molecular weight excluding hydrogens is 198 g/mol. The van der Waals surface area contributed by atoms with Gasteiger partial charge in [0.2, 0.25) is 5.88 Å². The van der Waals surface area contributed by atoms with Gasteiger partial charge in [0.1, 0.15) is 5.88 Å². The molecule has 0 bridgehead atoms. The standard InChI is InChI=1S/C5H7N3O4S/c6-5(9)3-1-4(12-8-3)7-2-13(10)11/h1,7H,2H2,(H2,6,9)(H,10,11). The van der Waals surface area contributed by atoms with Crippen LogP contribution in [0.2, 0.25) is 0 Å². The smallest absolute Gasteiger partial charge is 0.270 e. The maximum absolute atomic E-state index is 10.5. The first-order valence-corrected chi connectivity index (χ1v) is 4.45. The minimum absolute atomic E-state index is 0.0359. The van der Waals surface area contributed by atoms with Crippen LogP contribution in [-0.2, 0) is 11.1 Å². The molecule has 0 aliphatic heterocycles. The molecule has 0 radical (unpaired) electrons. The molecule has 0 aliphatic carbocycles. The number of nitrogens with zero attached hydrogens (tertiary/aromatic N) is 1. The van der Waals surface area contributed by atoms with Crippen LogP contribution in [0.5, 0.6) is 0 Å². The highest BCUT2D eigenvalue weighted by molar-refractivity contribution is 7.79. The van der Waals surface area contributed by atoms with E-state index in [4.69, 9.17) is 10.3 Å². The fourth-order valence-corrected chi connectivity index (χ4v) is 0.873. The Balaban J connectivity index is 2.59. The lowest BCUT2D eigenvalue weighted by Crippen LogP contribution is -2.11. The normalized spacial score (nSPS) is 12.4. The van der Waals surface area contributed by atoms with Gasteiger partial charge in [0.25, 0.3) is 5.91 Å². The molecule has 72 valence electrons. The molecule has 1 amide bonds. The summed E-state index contributed by atoms with van der Waals surface area (Å²) in [5.41, 5.74) is 4.85. The van der Waals surface area contributed by atoms with Crippen LogP contribution in [0.25, 0.3) is 0 Å². The predicted molar refractivity (Wildman–Crippen MR) is 44.3 cm³/mol. The van der Waals surface area contributed by atoms with Gasteiger partial charge in [-0.05, 0) is 0 Å². The van der Waals surface area contributed by atoms with Crippen molar-refractivity contribution in [3.05, 3.63) is 11.8 Å². The number of carbonyl (C=O) groups is 1. The van der Waals surface area contributed by atoms with Gasteiger partial charge in [-0.2, -0.15) is 0 Å². The van der Waals surface area contributed by atoms with Gasteiger partial charge in [0.05, 0.1) is 0 Å². The summed E-state index contributed by atoms with van der Waals surface area (Å²) in [5.74, 6) is -0.800. The minimum atomic E-state index is -1.98. The average Bonchev–Trinajstić information content (AvgIpc) is 2.48. The number of anilines is 1. The third-order valence-corrected chi connectivity index (χ3v) is 1.52. The van der Waals surface area contributed by atoms with Crippen LogP contribution in [0.1, 0.15) is 10.5 Å². The lowest BCUT2D eigenvalue weighted by Gasteiger charge is -1.94. The molecule has 8 heteroatoms. The number of hydrogen-bond acceptors (Lipinski definition) is 5. The molecule has 0 fully saturated rings. The monoisotopic (exact) mass is 205 g/mol. The maximum Gasteiger partial charge on any atom is 0.270 e. The topological polar surface area (TPSA) is 118 Å². The lowest BCUT2D eigenvalue weighted by molar-refractivity contribution is 0.0992. The van der Waals surface area contributed by atoms with Gasteiger partial charge in [-0.1, -0.05) is 5.16 Å². The molecule has 1 heterocycles. The van der Waals surface area contributed by atoms with E-state index in [1.165, 1.54) is 6.07 Å². The summed E-state index contributed by atoms with van der Waals surface area (Å²) in [6.07, 6.45) is 0. The molecule has 1 aromatic rings. The second kappa shape index (κ2) is 4.01. The summed E-state index contributed by atoms with van der Waals surface area (Å²) in [7, 11) is 0. The third kappa shape index (κ3) is 2.84. The van der Waals surface area contributed by atoms with Crippen LogP contribution in [0.3, 0.4) is 0 Å². The van der Waals surface area contributed by atoms with Gasteiger partial charge in [0.15, 0.2) is 16.8 Å². The molecule has 0 saturated heterocycles. The van der Waals surface area contributed by atoms with Crippen LogP contribution >= 0.6 is 0 Å². The van der Waals surface area contributed by atoms with Crippen molar-refractivity contribution < 1.29 is 18.1 Å². The van der Waals surface area contributed by atoms with Gasteiger partial charge < -0.3 is 20.1 Å². The Bertz CT molecular complexity index is 336. The van der Waals surface area contributed by atoms with E-state index in [-0.39, 0.29) is 17.5 Å². The highest BCUT2D eigenvalue weighted by Gasteiger charge is 2.08. The number of aromatic nitrogens is 1. The molecule has 0 aromatic carbocycles. The molecule has 1 atom stereocenters. The van der Waals surface area contributed by atoms with E-state index in [0.29, 0.717) is 0 Å². The Morgan fingerprint density at radius 2 is 2.54 bits per heavy atom.